The van der Waals surface area contributed by atoms with Gasteiger partial charge in [0, 0.05) is 25.0 Å². The molecule has 0 amide bonds. The molecule has 0 aromatic rings. The first kappa shape index (κ1) is 33.2. The third kappa shape index (κ3) is 22.9. The van der Waals surface area contributed by atoms with Gasteiger partial charge < -0.3 is 20.1 Å². The average molecular weight is 485 g/mol. The Bertz CT molecular complexity index is 483. The normalized spacial score (nSPS) is 12.6. The summed E-state index contributed by atoms with van der Waals surface area (Å²) in [5.41, 5.74) is 0. The van der Waals surface area contributed by atoms with Gasteiger partial charge in [-0.25, -0.2) is 0 Å². The SMILES string of the molecule is CC(C)CCNCCCCCOCC(=O)C(C)CCCCNCCCCCOCC(=O)C(C)C. The van der Waals surface area contributed by atoms with E-state index in [1.54, 1.807) is 0 Å². The molecule has 0 fully saturated rings. The van der Waals surface area contributed by atoms with Crippen LogP contribution in [0.4, 0.5) is 0 Å². The summed E-state index contributed by atoms with van der Waals surface area (Å²) >= 11 is 0. The zero-order chi connectivity index (χ0) is 25.4. The lowest BCUT2D eigenvalue weighted by molar-refractivity contribution is -0.127. The van der Waals surface area contributed by atoms with E-state index in [1.165, 1.54) is 12.8 Å². The Labute approximate surface area is 210 Å². The maximum absolute atomic E-state index is 12.2. The number of nitrogens with one attached hydrogen (secondary N) is 2. The molecule has 6 nitrogen and oxygen atoms in total. The van der Waals surface area contributed by atoms with Crippen molar-refractivity contribution in [2.75, 3.05) is 52.6 Å². The minimum absolute atomic E-state index is 0.0608. The summed E-state index contributed by atoms with van der Waals surface area (Å²) in [5.74, 6) is 1.33. The van der Waals surface area contributed by atoms with Gasteiger partial charge in [0.25, 0.3) is 0 Å². The van der Waals surface area contributed by atoms with Crippen LogP contribution in [0.3, 0.4) is 0 Å². The fraction of sp³-hybridized carbons (Fsp3) is 0.929. The van der Waals surface area contributed by atoms with Gasteiger partial charge in [-0.2, -0.15) is 0 Å². The van der Waals surface area contributed by atoms with Gasteiger partial charge in [0.15, 0.2) is 11.6 Å². The van der Waals surface area contributed by atoms with E-state index in [-0.39, 0.29) is 36.6 Å². The zero-order valence-corrected chi connectivity index (χ0v) is 23.1. The number of carbonyl (C=O) groups excluding carboxylic acids is 2. The van der Waals surface area contributed by atoms with E-state index in [1.807, 2.05) is 20.8 Å². The summed E-state index contributed by atoms with van der Waals surface area (Å²) in [6.45, 7) is 16.4. The number of hydrogen-bond donors (Lipinski definition) is 2. The number of hydrogen-bond acceptors (Lipinski definition) is 6. The highest BCUT2D eigenvalue weighted by Crippen LogP contribution is 2.09. The van der Waals surface area contributed by atoms with Crippen LogP contribution in [-0.2, 0) is 19.1 Å². The van der Waals surface area contributed by atoms with E-state index in [0.717, 1.165) is 83.5 Å². The molecule has 2 N–H and O–H groups in total. The first-order valence-electron chi connectivity index (χ1n) is 14.0. The van der Waals surface area contributed by atoms with Gasteiger partial charge in [0.2, 0.25) is 0 Å². The molecule has 6 heteroatoms. The molecule has 202 valence electrons. The lowest BCUT2D eigenvalue weighted by atomic mass is 10.00. The first-order valence-corrected chi connectivity index (χ1v) is 14.0. The van der Waals surface area contributed by atoms with Gasteiger partial charge in [0.05, 0.1) is 0 Å². The molecule has 0 spiro atoms. The molecule has 0 saturated heterocycles. The Morgan fingerprint density at radius 2 is 1.09 bits per heavy atom. The first-order chi connectivity index (χ1) is 16.3. The van der Waals surface area contributed by atoms with E-state index in [2.05, 4.69) is 24.5 Å². The number of carbonyl (C=O) groups is 2. The molecule has 34 heavy (non-hydrogen) atoms. The van der Waals surface area contributed by atoms with Crippen LogP contribution < -0.4 is 10.6 Å². The van der Waals surface area contributed by atoms with Gasteiger partial charge in [-0.05, 0) is 89.9 Å². The lowest BCUT2D eigenvalue weighted by Gasteiger charge is -2.11. The molecule has 0 aliphatic rings. The van der Waals surface area contributed by atoms with E-state index in [9.17, 15) is 9.59 Å². The maximum Gasteiger partial charge on any atom is 0.161 e. The van der Waals surface area contributed by atoms with Crippen LogP contribution in [0.1, 0.15) is 98.8 Å². The van der Waals surface area contributed by atoms with Gasteiger partial charge >= 0.3 is 0 Å². The maximum atomic E-state index is 12.2. The third-order valence-corrected chi connectivity index (χ3v) is 6.11. The van der Waals surface area contributed by atoms with Crippen LogP contribution in [0.25, 0.3) is 0 Å². The molecule has 1 atom stereocenters. The van der Waals surface area contributed by atoms with Gasteiger partial charge in [-0.3, -0.25) is 9.59 Å². The zero-order valence-electron chi connectivity index (χ0n) is 23.1. The second-order valence-electron chi connectivity index (χ2n) is 10.4. The third-order valence-electron chi connectivity index (χ3n) is 6.11. The molecule has 0 aromatic carbocycles. The standard InChI is InChI=1S/C28H56N2O4/c1-24(2)15-19-30-17-10-7-13-21-34-23-28(32)26(5)14-8-11-18-29-16-9-6-12-20-33-22-27(31)25(3)4/h24-26,29-30H,6-23H2,1-5H3. The van der Waals surface area contributed by atoms with E-state index in [0.29, 0.717) is 13.2 Å². The second-order valence-corrected chi connectivity index (χ2v) is 10.4. The number of rotatable bonds is 26. The summed E-state index contributed by atoms with van der Waals surface area (Å²) in [6.07, 6.45) is 11.0. The fourth-order valence-corrected chi connectivity index (χ4v) is 3.42. The predicted octanol–water partition coefficient (Wildman–Crippen LogP) is 5.19. The van der Waals surface area contributed by atoms with Crippen LogP contribution in [0, 0.1) is 17.8 Å². The van der Waals surface area contributed by atoms with Crippen LogP contribution in [0.15, 0.2) is 0 Å². The van der Waals surface area contributed by atoms with Crippen molar-refractivity contribution >= 4 is 11.6 Å². The van der Waals surface area contributed by atoms with Crippen LogP contribution >= 0.6 is 0 Å². The van der Waals surface area contributed by atoms with Crippen molar-refractivity contribution in [3.63, 3.8) is 0 Å². The van der Waals surface area contributed by atoms with E-state index in [4.69, 9.17) is 9.47 Å². The fourth-order valence-electron chi connectivity index (χ4n) is 3.42. The van der Waals surface area contributed by atoms with Crippen molar-refractivity contribution in [2.45, 2.75) is 98.8 Å². The summed E-state index contributed by atoms with van der Waals surface area (Å²) in [4.78, 5) is 23.7. The number of unbranched alkanes of at least 4 members (excludes halogenated alkanes) is 5. The van der Waals surface area contributed by atoms with E-state index < -0.39 is 0 Å². The Morgan fingerprint density at radius 1 is 0.588 bits per heavy atom. The smallest absolute Gasteiger partial charge is 0.161 e. The topological polar surface area (TPSA) is 76.7 Å². The van der Waals surface area contributed by atoms with Crippen molar-refractivity contribution in [1.82, 2.24) is 10.6 Å². The molecule has 0 heterocycles. The quantitative estimate of drug-likeness (QED) is 0.165. The van der Waals surface area contributed by atoms with Gasteiger partial charge in [-0.15, -0.1) is 0 Å². The minimum Gasteiger partial charge on any atom is -0.374 e. The lowest BCUT2D eigenvalue weighted by Crippen LogP contribution is -2.20. The van der Waals surface area contributed by atoms with E-state index >= 15 is 0 Å². The molecular formula is C28H56N2O4. The Kier molecular flexibility index (Phi) is 23.3. The summed E-state index contributed by atoms with van der Waals surface area (Å²) in [6, 6.07) is 0. The predicted molar refractivity (Wildman–Crippen MR) is 142 cm³/mol. The molecule has 0 rings (SSSR count). The van der Waals surface area contributed by atoms with Gasteiger partial charge in [-0.1, -0.05) is 41.0 Å². The molecule has 0 saturated carbocycles. The molecular weight excluding hydrogens is 428 g/mol. The highest BCUT2D eigenvalue weighted by atomic mass is 16.5. The highest BCUT2D eigenvalue weighted by Gasteiger charge is 2.12. The molecule has 0 radical (unpaired) electrons. The highest BCUT2D eigenvalue weighted by molar-refractivity contribution is 5.82. The molecule has 0 aliphatic heterocycles. The molecule has 0 aromatic heterocycles. The molecule has 0 aliphatic carbocycles. The number of Topliss-reactive ketones (excluding diaryl/α,β-unsaturated/α-hetero) is 2. The van der Waals surface area contributed by atoms with Crippen molar-refractivity contribution in [2.24, 2.45) is 17.8 Å². The Morgan fingerprint density at radius 3 is 1.62 bits per heavy atom. The molecule has 1 unspecified atom stereocenters. The Hall–Kier alpha value is -0.820. The number of ether oxygens (including phenoxy) is 2. The Balaban J connectivity index is 3.36. The van der Waals surface area contributed by atoms with Gasteiger partial charge in [0.1, 0.15) is 13.2 Å². The summed E-state index contributed by atoms with van der Waals surface area (Å²) in [7, 11) is 0. The largest absolute Gasteiger partial charge is 0.374 e. The monoisotopic (exact) mass is 484 g/mol. The number of ketones is 2. The van der Waals surface area contributed by atoms with Crippen LogP contribution in [-0.4, -0.2) is 64.2 Å². The summed E-state index contributed by atoms with van der Waals surface area (Å²) < 4.78 is 11.0. The summed E-state index contributed by atoms with van der Waals surface area (Å²) in [5, 5.41) is 6.96. The second kappa shape index (κ2) is 23.9. The minimum atomic E-state index is 0.0608. The van der Waals surface area contributed by atoms with Crippen LogP contribution in [0.5, 0.6) is 0 Å². The van der Waals surface area contributed by atoms with Crippen molar-refractivity contribution < 1.29 is 19.1 Å². The average Bonchev–Trinajstić information content (AvgIpc) is 2.80. The van der Waals surface area contributed by atoms with Crippen LogP contribution in [0.2, 0.25) is 0 Å². The molecule has 0 bridgehead atoms. The van der Waals surface area contributed by atoms with Crippen molar-refractivity contribution in [1.29, 1.82) is 0 Å². The van der Waals surface area contributed by atoms with Crippen molar-refractivity contribution in [3.8, 4) is 0 Å². The van der Waals surface area contributed by atoms with Crippen molar-refractivity contribution in [3.05, 3.63) is 0 Å².